The van der Waals surface area contributed by atoms with Crippen LogP contribution in [0.15, 0.2) is 43.0 Å². The van der Waals surface area contributed by atoms with Crippen LogP contribution in [0, 0.1) is 0 Å². The van der Waals surface area contributed by atoms with Crippen LogP contribution >= 0.6 is 0 Å². The van der Waals surface area contributed by atoms with Crippen molar-refractivity contribution in [3.63, 3.8) is 0 Å². The van der Waals surface area contributed by atoms with Gasteiger partial charge in [-0.2, -0.15) is 0 Å². The summed E-state index contributed by atoms with van der Waals surface area (Å²) in [6.45, 7) is 4.27. The molecule has 0 spiro atoms. The standard InChI is InChI=1S/C11H12O2/c1-2-10-8-12-11(13-10)9-6-4-3-5-7-9/h2-7,10-11H,1,8H2/t10-,11?/m0/s1. The van der Waals surface area contributed by atoms with Crippen molar-refractivity contribution in [3.05, 3.63) is 48.6 Å². The Labute approximate surface area is 77.8 Å². The molecule has 1 aliphatic heterocycles. The average Bonchev–Trinajstić information content (AvgIpc) is 2.67. The van der Waals surface area contributed by atoms with E-state index in [4.69, 9.17) is 9.47 Å². The third-order valence-corrected chi connectivity index (χ3v) is 2.04. The zero-order valence-electron chi connectivity index (χ0n) is 7.35. The molecule has 1 aromatic rings. The van der Waals surface area contributed by atoms with Gasteiger partial charge in [0.15, 0.2) is 6.29 Å². The van der Waals surface area contributed by atoms with Gasteiger partial charge in [-0.15, -0.1) is 6.58 Å². The van der Waals surface area contributed by atoms with Gasteiger partial charge in [0.1, 0.15) is 6.10 Å². The van der Waals surface area contributed by atoms with Crippen LogP contribution < -0.4 is 0 Å². The maximum absolute atomic E-state index is 5.56. The molecule has 1 heterocycles. The Hall–Kier alpha value is -1.12. The predicted molar refractivity (Wildman–Crippen MR) is 50.2 cm³/mol. The van der Waals surface area contributed by atoms with Crippen LogP contribution in [0.5, 0.6) is 0 Å². The monoisotopic (exact) mass is 176 g/mol. The Bertz CT molecular complexity index is 281. The third kappa shape index (κ3) is 1.79. The van der Waals surface area contributed by atoms with Crippen molar-refractivity contribution in [1.82, 2.24) is 0 Å². The van der Waals surface area contributed by atoms with Crippen molar-refractivity contribution in [3.8, 4) is 0 Å². The van der Waals surface area contributed by atoms with Crippen LogP contribution in [0.1, 0.15) is 11.9 Å². The summed E-state index contributed by atoms with van der Waals surface area (Å²) >= 11 is 0. The van der Waals surface area contributed by atoms with Crippen molar-refractivity contribution in [1.29, 1.82) is 0 Å². The Morgan fingerprint density at radius 2 is 2.08 bits per heavy atom. The highest BCUT2D eigenvalue weighted by molar-refractivity contribution is 5.16. The summed E-state index contributed by atoms with van der Waals surface area (Å²) in [5, 5.41) is 0. The van der Waals surface area contributed by atoms with E-state index in [-0.39, 0.29) is 12.4 Å². The number of hydrogen-bond acceptors (Lipinski definition) is 2. The maximum Gasteiger partial charge on any atom is 0.184 e. The smallest absolute Gasteiger partial charge is 0.184 e. The van der Waals surface area contributed by atoms with Crippen molar-refractivity contribution in [2.45, 2.75) is 12.4 Å². The van der Waals surface area contributed by atoms with Crippen LogP contribution in [-0.4, -0.2) is 12.7 Å². The topological polar surface area (TPSA) is 18.5 Å². The molecule has 0 N–H and O–H groups in total. The average molecular weight is 176 g/mol. The van der Waals surface area contributed by atoms with E-state index < -0.39 is 0 Å². The lowest BCUT2D eigenvalue weighted by atomic mass is 10.2. The van der Waals surface area contributed by atoms with E-state index in [0.717, 1.165) is 5.56 Å². The van der Waals surface area contributed by atoms with Crippen LogP contribution in [0.4, 0.5) is 0 Å². The Morgan fingerprint density at radius 1 is 1.31 bits per heavy atom. The van der Waals surface area contributed by atoms with Gasteiger partial charge < -0.3 is 9.47 Å². The molecule has 0 radical (unpaired) electrons. The minimum absolute atomic E-state index is 0.0326. The van der Waals surface area contributed by atoms with E-state index in [1.807, 2.05) is 30.3 Å². The molecule has 1 saturated heterocycles. The van der Waals surface area contributed by atoms with Gasteiger partial charge in [-0.05, 0) is 0 Å². The minimum Gasteiger partial charge on any atom is -0.345 e. The van der Waals surface area contributed by atoms with E-state index in [9.17, 15) is 0 Å². The molecule has 2 rings (SSSR count). The fourth-order valence-electron chi connectivity index (χ4n) is 1.33. The van der Waals surface area contributed by atoms with Gasteiger partial charge >= 0.3 is 0 Å². The van der Waals surface area contributed by atoms with Crippen molar-refractivity contribution >= 4 is 0 Å². The van der Waals surface area contributed by atoms with Crippen LogP contribution in [0.2, 0.25) is 0 Å². The number of ether oxygens (including phenoxy) is 2. The van der Waals surface area contributed by atoms with Gasteiger partial charge in [0.05, 0.1) is 6.61 Å². The Balaban J connectivity index is 2.08. The highest BCUT2D eigenvalue weighted by Crippen LogP contribution is 2.26. The molecule has 0 bridgehead atoms. The molecule has 1 aromatic carbocycles. The molecule has 2 heteroatoms. The maximum atomic E-state index is 5.56. The first-order valence-electron chi connectivity index (χ1n) is 4.34. The van der Waals surface area contributed by atoms with Crippen LogP contribution in [-0.2, 0) is 9.47 Å². The summed E-state index contributed by atoms with van der Waals surface area (Å²) in [4.78, 5) is 0. The second-order valence-electron chi connectivity index (χ2n) is 2.99. The van der Waals surface area contributed by atoms with Crippen LogP contribution in [0.3, 0.4) is 0 Å². The number of rotatable bonds is 2. The lowest BCUT2D eigenvalue weighted by Gasteiger charge is -2.09. The molecule has 1 fully saturated rings. The molecule has 0 aromatic heterocycles. The van der Waals surface area contributed by atoms with E-state index >= 15 is 0 Å². The van der Waals surface area contributed by atoms with Gasteiger partial charge in [-0.1, -0.05) is 36.4 Å². The fourth-order valence-corrected chi connectivity index (χ4v) is 1.33. The zero-order valence-corrected chi connectivity index (χ0v) is 7.35. The van der Waals surface area contributed by atoms with Gasteiger partial charge in [0, 0.05) is 5.56 Å². The molecule has 2 atom stereocenters. The molecular formula is C11H12O2. The van der Waals surface area contributed by atoms with E-state index in [2.05, 4.69) is 6.58 Å². The normalized spacial score (nSPS) is 27.4. The Morgan fingerprint density at radius 3 is 2.69 bits per heavy atom. The highest BCUT2D eigenvalue weighted by Gasteiger charge is 2.24. The fraction of sp³-hybridized carbons (Fsp3) is 0.273. The first-order valence-corrected chi connectivity index (χ1v) is 4.34. The van der Waals surface area contributed by atoms with Gasteiger partial charge in [0.25, 0.3) is 0 Å². The molecule has 68 valence electrons. The molecule has 2 nitrogen and oxygen atoms in total. The van der Waals surface area contributed by atoms with Crippen molar-refractivity contribution in [2.24, 2.45) is 0 Å². The van der Waals surface area contributed by atoms with Crippen molar-refractivity contribution in [2.75, 3.05) is 6.61 Å². The molecular weight excluding hydrogens is 164 g/mol. The third-order valence-electron chi connectivity index (χ3n) is 2.04. The number of hydrogen-bond donors (Lipinski definition) is 0. The van der Waals surface area contributed by atoms with E-state index in [0.29, 0.717) is 6.61 Å². The molecule has 0 aliphatic carbocycles. The molecule has 1 unspecified atom stereocenters. The second kappa shape index (κ2) is 3.73. The first kappa shape index (κ1) is 8.48. The zero-order chi connectivity index (χ0) is 9.10. The molecule has 0 amide bonds. The summed E-state index contributed by atoms with van der Waals surface area (Å²) in [6, 6.07) is 9.92. The Kier molecular flexibility index (Phi) is 2.43. The molecule has 0 saturated carbocycles. The first-order chi connectivity index (χ1) is 6.40. The molecule has 13 heavy (non-hydrogen) atoms. The summed E-state index contributed by atoms with van der Waals surface area (Å²) in [5.41, 5.74) is 1.06. The highest BCUT2D eigenvalue weighted by atomic mass is 16.7. The lowest BCUT2D eigenvalue weighted by molar-refractivity contribution is -0.0532. The summed E-state index contributed by atoms with van der Waals surface area (Å²) < 4.78 is 11.0. The SMILES string of the molecule is C=C[C@H]1COC(c2ccccc2)O1. The minimum atomic E-state index is -0.218. The van der Waals surface area contributed by atoms with Gasteiger partial charge in [-0.3, -0.25) is 0 Å². The largest absolute Gasteiger partial charge is 0.345 e. The van der Waals surface area contributed by atoms with Crippen molar-refractivity contribution < 1.29 is 9.47 Å². The lowest BCUT2D eigenvalue weighted by Crippen LogP contribution is -2.04. The summed E-state index contributed by atoms with van der Waals surface area (Å²) in [6.07, 6.45) is 1.58. The summed E-state index contributed by atoms with van der Waals surface area (Å²) in [7, 11) is 0. The van der Waals surface area contributed by atoms with Crippen LogP contribution in [0.25, 0.3) is 0 Å². The predicted octanol–water partition coefficient (Wildman–Crippen LogP) is 2.29. The van der Waals surface area contributed by atoms with E-state index in [1.165, 1.54) is 0 Å². The van der Waals surface area contributed by atoms with Gasteiger partial charge in [0.2, 0.25) is 0 Å². The summed E-state index contributed by atoms with van der Waals surface area (Å²) in [5.74, 6) is 0. The second-order valence-corrected chi connectivity index (χ2v) is 2.99. The molecule has 1 aliphatic rings. The van der Waals surface area contributed by atoms with Gasteiger partial charge in [-0.25, -0.2) is 0 Å². The quantitative estimate of drug-likeness (QED) is 0.643. The number of benzene rings is 1. The van der Waals surface area contributed by atoms with E-state index in [1.54, 1.807) is 6.08 Å².